The highest BCUT2D eigenvalue weighted by Crippen LogP contribution is 2.64. The van der Waals surface area contributed by atoms with Crippen molar-refractivity contribution in [1.82, 2.24) is 0 Å². The first kappa shape index (κ1) is 20.0. The number of nitrogens with zero attached hydrogens (tertiary/aromatic N) is 4. The molecule has 0 spiro atoms. The van der Waals surface area contributed by atoms with Crippen LogP contribution in [0.15, 0.2) is 47.8 Å². The molecular formula is C24H11F3N4. The summed E-state index contributed by atoms with van der Waals surface area (Å²) in [6.45, 7) is 16.7. The van der Waals surface area contributed by atoms with Crippen molar-refractivity contribution in [3.05, 3.63) is 104 Å². The lowest BCUT2D eigenvalue weighted by Gasteiger charge is -2.16. The van der Waals surface area contributed by atoms with Crippen LogP contribution in [0.3, 0.4) is 0 Å². The van der Waals surface area contributed by atoms with Gasteiger partial charge in [-0.15, -0.1) is 0 Å². The highest BCUT2D eigenvalue weighted by Gasteiger charge is 2.49. The molecule has 0 saturated carbocycles. The van der Waals surface area contributed by atoms with Crippen LogP contribution in [0.2, 0.25) is 0 Å². The van der Waals surface area contributed by atoms with Crippen molar-refractivity contribution in [3.8, 4) is 12.1 Å². The van der Waals surface area contributed by atoms with E-state index in [4.69, 9.17) is 13.1 Å². The molecule has 2 aliphatic rings. The van der Waals surface area contributed by atoms with Gasteiger partial charge in [0.15, 0.2) is 0 Å². The standard InChI is InChI=1S/C24H11F3N4/c1-12-4-6-14-16(8-12)22-21(19(11-29)31-3)15-7-5-13(24(25,26)27)9-17(15)23(22)20(14)18(10-28)30-2/h4-9,22-23H,1H3. The smallest absolute Gasteiger partial charge is 0.226 e. The third-order valence-electron chi connectivity index (χ3n) is 5.74. The average molecular weight is 412 g/mol. The SMILES string of the molecule is [C-]#[N+]C(C#N)=C1c2ccc(C(F)(F)F)cc2C2C(=C(C#N)[N+]#[C-])c3ccc(C)cc3C12. The van der Waals surface area contributed by atoms with Gasteiger partial charge in [-0.2, -0.15) is 13.2 Å². The molecular weight excluding hydrogens is 401 g/mol. The van der Waals surface area contributed by atoms with Crippen LogP contribution in [-0.4, -0.2) is 0 Å². The zero-order valence-electron chi connectivity index (χ0n) is 16.0. The molecule has 2 atom stereocenters. The van der Waals surface area contributed by atoms with Gasteiger partial charge in [0.25, 0.3) is 11.4 Å². The van der Waals surface area contributed by atoms with E-state index in [1.807, 2.05) is 25.1 Å². The van der Waals surface area contributed by atoms with Crippen LogP contribution >= 0.6 is 0 Å². The van der Waals surface area contributed by atoms with Crippen molar-refractivity contribution in [2.24, 2.45) is 0 Å². The predicted octanol–water partition coefficient (Wildman–Crippen LogP) is 6.22. The molecule has 0 bridgehead atoms. The lowest BCUT2D eigenvalue weighted by molar-refractivity contribution is -0.137. The van der Waals surface area contributed by atoms with Crippen molar-refractivity contribution in [2.45, 2.75) is 24.9 Å². The summed E-state index contributed by atoms with van der Waals surface area (Å²) in [6.07, 6.45) is -4.58. The number of hydrogen-bond donors (Lipinski definition) is 0. The first-order chi connectivity index (χ1) is 14.8. The maximum absolute atomic E-state index is 13.5. The number of halogens is 3. The van der Waals surface area contributed by atoms with Gasteiger partial charge in [-0.3, -0.25) is 0 Å². The quantitative estimate of drug-likeness (QED) is 0.381. The van der Waals surface area contributed by atoms with E-state index in [0.717, 1.165) is 17.7 Å². The number of nitriles is 2. The van der Waals surface area contributed by atoms with E-state index in [1.165, 1.54) is 6.07 Å². The van der Waals surface area contributed by atoms with E-state index in [2.05, 4.69) is 9.69 Å². The fourth-order valence-corrected chi connectivity index (χ4v) is 4.61. The van der Waals surface area contributed by atoms with Gasteiger partial charge in [-0.05, 0) is 52.5 Å². The van der Waals surface area contributed by atoms with Crippen LogP contribution in [0, 0.1) is 42.7 Å². The Kier molecular flexibility index (Phi) is 4.43. The molecule has 4 nitrogen and oxygen atoms in total. The maximum atomic E-state index is 13.5. The van der Waals surface area contributed by atoms with E-state index in [9.17, 15) is 23.7 Å². The van der Waals surface area contributed by atoms with Crippen molar-refractivity contribution >= 4 is 11.1 Å². The molecule has 0 aromatic heterocycles. The van der Waals surface area contributed by atoms with Gasteiger partial charge in [0.1, 0.15) is 0 Å². The molecule has 2 aliphatic carbocycles. The van der Waals surface area contributed by atoms with Crippen molar-refractivity contribution < 1.29 is 13.2 Å². The molecule has 0 saturated heterocycles. The summed E-state index contributed by atoms with van der Waals surface area (Å²) < 4.78 is 40.4. The molecule has 0 N–H and O–H groups in total. The second kappa shape index (κ2) is 6.88. The Hall–Kier alpha value is -4.33. The third-order valence-corrected chi connectivity index (χ3v) is 5.74. The number of hydrogen-bond acceptors (Lipinski definition) is 2. The van der Waals surface area contributed by atoms with Crippen LogP contribution < -0.4 is 0 Å². The van der Waals surface area contributed by atoms with E-state index < -0.39 is 23.6 Å². The molecule has 7 heteroatoms. The van der Waals surface area contributed by atoms with Crippen molar-refractivity contribution in [2.75, 3.05) is 0 Å². The van der Waals surface area contributed by atoms with Gasteiger partial charge in [0, 0.05) is 11.8 Å². The average Bonchev–Trinajstić information content (AvgIpc) is 3.23. The summed E-state index contributed by atoms with van der Waals surface area (Å²) in [4.78, 5) is 6.66. The number of allylic oxidation sites excluding steroid dienone is 4. The lowest BCUT2D eigenvalue weighted by Crippen LogP contribution is -2.07. The third kappa shape index (κ3) is 2.80. The molecule has 0 radical (unpaired) electrons. The number of alkyl halides is 3. The maximum Gasteiger partial charge on any atom is 0.416 e. The largest absolute Gasteiger partial charge is 0.416 e. The Morgan fingerprint density at radius 1 is 0.871 bits per heavy atom. The highest BCUT2D eigenvalue weighted by atomic mass is 19.4. The Labute approximate surface area is 176 Å². The number of benzene rings is 2. The summed E-state index contributed by atoms with van der Waals surface area (Å²) >= 11 is 0. The van der Waals surface area contributed by atoms with Gasteiger partial charge in [-0.25, -0.2) is 20.2 Å². The van der Waals surface area contributed by atoms with E-state index in [0.29, 0.717) is 27.8 Å². The Morgan fingerprint density at radius 2 is 1.35 bits per heavy atom. The number of fused-ring (bicyclic) bond motifs is 5. The van der Waals surface area contributed by atoms with E-state index in [-0.39, 0.29) is 17.0 Å². The molecule has 0 fully saturated rings. The van der Waals surface area contributed by atoms with Crippen LogP contribution in [0.25, 0.3) is 20.8 Å². The van der Waals surface area contributed by atoms with E-state index >= 15 is 0 Å². The van der Waals surface area contributed by atoms with Crippen LogP contribution in [0.5, 0.6) is 0 Å². The summed E-state index contributed by atoms with van der Waals surface area (Å²) in [5.74, 6) is -1.37. The summed E-state index contributed by atoms with van der Waals surface area (Å²) in [5, 5.41) is 19.1. The predicted molar refractivity (Wildman–Crippen MR) is 106 cm³/mol. The molecule has 2 aromatic carbocycles. The molecule has 2 unspecified atom stereocenters. The molecule has 0 heterocycles. The van der Waals surface area contributed by atoms with Gasteiger partial charge in [0.05, 0.1) is 30.8 Å². The fraction of sp³-hybridized carbons (Fsp3) is 0.167. The molecule has 0 amide bonds. The van der Waals surface area contributed by atoms with Crippen LogP contribution in [-0.2, 0) is 6.18 Å². The minimum atomic E-state index is -4.58. The first-order valence-corrected chi connectivity index (χ1v) is 9.12. The molecule has 148 valence electrons. The van der Waals surface area contributed by atoms with E-state index in [1.54, 1.807) is 12.1 Å². The molecule has 2 aromatic rings. The Balaban J connectivity index is 2.17. The Morgan fingerprint density at radius 3 is 1.81 bits per heavy atom. The zero-order valence-corrected chi connectivity index (χ0v) is 16.0. The Bertz CT molecular complexity index is 1350. The fourth-order valence-electron chi connectivity index (χ4n) is 4.61. The van der Waals surface area contributed by atoms with Gasteiger partial charge < -0.3 is 0 Å². The van der Waals surface area contributed by atoms with Crippen molar-refractivity contribution in [1.29, 1.82) is 10.5 Å². The van der Waals surface area contributed by atoms with Gasteiger partial charge >= 0.3 is 6.18 Å². The summed E-state index contributed by atoms with van der Waals surface area (Å²) in [6, 6.07) is 12.4. The number of aryl methyl sites for hydroxylation is 1. The van der Waals surface area contributed by atoms with Crippen LogP contribution in [0.4, 0.5) is 13.2 Å². The second-order valence-corrected chi connectivity index (χ2v) is 7.32. The highest BCUT2D eigenvalue weighted by molar-refractivity contribution is 5.98. The van der Waals surface area contributed by atoms with Crippen LogP contribution in [0.1, 0.15) is 45.2 Å². The first-order valence-electron chi connectivity index (χ1n) is 9.12. The normalized spacial score (nSPS) is 21.5. The molecule has 4 rings (SSSR count). The topological polar surface area (TPSA) is 56.3 Å². The summed E-state index contributed by atoms with van der Waals surface area (Å²) in [7, 11) is 0. The minimum Gasteiger partial charge on any atom is -0.226 e. The monoisotopic (exact) mass is 412 g/mol. The molecule has 31 heavy (non-hydrogen) atoms. The lowest BCUT2D eigenvalue weighted by atomic mass is 9.87. The van der Waals surface area contributed by atoms with Gasteiger partial charge in [0.2, 0.25) is 0 Å². The minimum absolute atomic E-state index is 0.205. The molecule has 0 aliphatic heterocycles. The zero-order chi connectivity index (χ0) is 22.5. The number of rotatable bonds is 0. The van der Waals surface area contributed by atoms with Gasteiger partial charge in [-0.1, -0.05) is 29.8 Å². The second-order valence-electron chi connectivity index (χ2n) is 7.32. The van der Waals surface area contributed by atoms with Crippen molar-refractivity contribution in [3.63, 3.8) is 0 Å². The summed E-state index contributed by atoms with van der Waals surface area (Å²) in [5.41, 5.74) is 2.24.